The number of carbonyl (C=O) groups excluding carboxylic acids is 2. The Balaban J connectivity index is 2.23. The highest BCUT2D eigenvalue weighted by atomic mass is 32.2. The van der Waals surface area contributed by atoms with E-state index >= 15 is 0 Å². The van der Waals surface area contributed by atoms with Gasteiger partial charge >= 0.3 is 5.97 Å². The van der Waals surface area contributed by atoms with Crippen molar-refractivity contribution in [2.75, 3.05) is 24.6 Å². The van der Waals surface area contributed by atoms with E-state index in [4.69, 9.17) is 5.11 Å². The Kier molecular flexibility index (Phi) is 8.19. The number of amides is 2. The number of carbonyl (C=O) groups is 3. The monoisotopic (exact) mass is 316 g/mol. The summed E-state index contributed by atoms with van der Waals surface area (Å²) in [4.78, 5) is 35.8. The molecule has 6 nitrogen and oxygen atoms in total. The molecule has 0 aromatic rings. The minimum Gasteiger partial charge on any atom is -0.480 e. The van der Waals surface area contributed by atoms with Crippen LogP contribution in [-0.2, 0) is 14.4 Å². The van der Waals surface area contributed by atoms with E-state index in [9.17, 15) is 14.4 Å². The van der Waals surface area contributed by atoms with E-state index in [1.54, 1.807) is 0 Å². The average molecular weight is 316 g/mol. The van der Waals surface area contributed by atoms with Crippen molar-refractivity contribution in [3.8, 4) is 0 Å². The van der Waals surface area contributed by atoms with E-state index in [0.717, 1.165) is 25.9 Å². The fourth-order valence-electron chi connectivity index (χ4n) is 2.27. The Morgan fingerprint density at radius 2 is 1.81 bits per heavy atom. The zero-order chi connectivity index (χ0) is 15.7. The molecule has 0 bridgehead atoms. The number of likely N-dealkylation sites (tertiary alicyclic amines) is 1. The highest BCUT2D eigenvalue weighted by Gasteiger charge is 2.19. The van der Waals surface area contributed by atoms with Crippen molar-refractivity contribution in [2.24, 2.45) is 0 Å². The molecule has 0 aromatic heterocycles. The molecule has 0 radical (unpaired) electrons. The van der Waals surface area contributed by atoms with E-state index in [1.165, 1.54) is 31.5 Å². The maximum Gasteiger partial charge on any atom is 0.326 e. The summed E-state index contributed by atoms with van der Waals surface area (Å²) in [7, 11) is 0. The molecule has 1 fully saturated rings. The molecule has 1 aliphatic heterocycles. The van der Waals surface area contributed by atoms with Crippen molar-refractivity contribution in [2.45, 2.75) is 45.1 Å². The number of carboxylic acid groups (broad SMARTS) is 1. The predicted octanol–water partition coefficient (Wildman–Crippen LogP) is 1.10. The number of hydrogen-bond donors (Lipinski definition) is 2. The SMILES string of the molecule is CC(=O)NC(CCSCC(=O)N1CCCCCC1)C(=O)O. The van der Waals surface area contributed by atoms with E-state index in [-0.39, 0.29) is 11.8 Å². The van der Waals surface area contributed by atoms with Gasteiger partial charge in [-0.3, -0.25) is 9.59 Å². The van der Waals surface area contributed by atoms with E-state index < -0.39 is 12.0 Å². The van der Waals surface area contributed by atoms with Crippen LogP contribution in [0.15, 0.2) is 0 Å². The van der Waals surface area contributed by atoms with E-state index in [1.807, 2.05) is 4.90 Å². The summed E-state index contributed by atoms with van der Waals surface area (Å²) in [6.45, 7) is 2.97. The molecule has 1 saturated heterocycles. The Hall–Kier alpha value is -1.24. The Labute approximate surface area is 129 Å². The topological polar surface area (TPSA) is 86.7 Å². The summed E-state index contributed by atoms with van der Waals surface area (Å²) >= 11 is 1.43. The van der Waals surface area contributed by atoms with Crippen molar-refractivity contribution in [3.05, 3.63) is 0 Å². The summed E-state index contributed by atoms with van der Waals surface area (Å²) in [6, 6.07) is -0.872. The van der Waals surface area contributed by atoms with Gasteiger partial charge in [0.1, 0.15) is 6.04 Å². The highest BCUT2D eigenvalue weighted by molar-refractivity contribution is 7.99. The molecule has 1 rings (SSSR count). The van der Waals surface area contributed by atoms with Crippen LogP contribution in [0.4, 0.5) is 0 Å². The molecule has 120 valence electrons. The zero-order valence-corrected chi connectivity index (χ0v) is 13.3. The van der Waals surface area contributed by atoms with Crippen LogP contribution in [0.5, 0.6) is 0 Å². The molecule has 1 unspecified atom stereocenters. The third kappa shape index (κ3) is 7.36. The van der Waals surface area contributed by atoms with E-state index in [2.05, 4.69) is 5.32 Å². The maximum absolute atomic E-state index is 12.0. The first-order chi connectivity index (χ1) is 10.0. The van der Waals surface area contributed by atoms with Crippen LogP contribution in [0.2, 0.25) is 0 Å². The second-order valence-electron chi connectivity index (χ2n) is 5.23. The second kappa shape index (κ2) is 9.65. The van der Waals surface area contributed by atoms with E-state index in [0.29, 0.717) is 17.9 Å². The Morgan fingerprint density at radius 3 is 2.33 bits per heavy atom. The molecular weight excluding hydrogens is 292 g/mol. The molecule has 0 aromatic carbocycles. The summed E-state index contributed by atoms with van der Waals surface area (Å²) in [6.07, 6.45) is 4.84. The summed E-state index contributed by atoms with van der Waals surface area (Å²) in [5.41, 5.74) is 0. The fraction of sp³-hybridized carbons (Fsp3) is 0.786. The van der Waals surface area contributed by atoms with Gasteiger partial charge in [0.05, 0.1) is 5.75 Å². The second-order valence-corrected chi connectivity index (χ2v) is 6.33. The van der Waals surface area contributed by atoms with Gasteiger partial charge in [0, 0.05) is 20.0 Å². The lowest BCUT2D eigenvalue weighted by Gasteiger charge is -2.20. The average Bonchev–Trinajstić information content (AvgIpc) is 2.70. The van der Waals surface area contributed by atoms with Gasteiger partial charge in [-0.15, -0.1) is 0 Å². The Morgan fingerprint density at radius 1 is 1.19 bits per heavy atom. The molecule has 2 N–H and O–H groups in total. The number of rotatable bonds is 7. The number of thioether (sulfide) groups is 1. The lowest BCUT2D eigenvalue weighted by molar-refractivity contribution is -0.141. The van der Waals surface area contributed by atoms with Crippen molar-refractivity contribution >= 4 is 29.5 Å². The molecule has 0 saturated carbocycles. The third-order valence-electron chi connectivity index (χ3n) is 3.41. The van der Waals surface area contributed by atoms with Gasteiger partial charge in [0.25, 0.3) is 0 Å². The van der Waals surface area contributed by atoms with Gasteiger partial charge in [-0.25, -0.2) is 4.79 Å². The molecule has 0 spiro atoms. The molecular formula is C14H24N2O4S. The first kappa shape index (κ1) is 17.8. The van der Waals surface area contributed by atoms with Crippen LogP contribution in [0.3, 0.4) is 0 Å². The largest absolute Gasteiger partial charge is 0.480 e. The first-order valence-corrected chi connectivity index (χ1v) is 8.51. The van der Waals surface area contributed by atoms with Gasteiger partial charge in [0.2, 0.25) is 11.8 Å². The molecule has 7 heteroatoms. The third-order valence-corrected chi connectivity index (χ3v) is 4.39. The van der Waals surface area contributed by atoms with Crippen LogP contribution in [-0.4, -0.2) is 58.4 Å². The van der Waals surface area contributed by atoms with Crippen LogP contribution < -0.4 is 5.32 Å². The molecule has 1 atom stereocenters. The summed E-state index contributed by atoms with van der Waals surface area (Å²) in [5, 5.41) is 11.4. The van der Waals surface area contributed by atoms with Crippen LogP contribution in [0.25, 0.3) is 0 Å². The minimum atomic E-state index is -1.04. The van der Waals surface area contributed by atoms with Crippen molar-refractivity contribution in [3.63, 3.8) is 0 Å². The van der Waals surface area contributed by atoms with Crippen LogP contribution >= 0.6 is 11.8 Å². The molecule has 0 aliphatic carbocycles. The van der Waals surface area contributed by atoms with Crippen molar-refractivity contribution < 1.29 is 19.5 Å². The molecule has 21 heavy (non-hydrogen) atoms. The zero-order valence-electron chi connectivity index (χ0n) is 12.5. The van der Waals surface area contributed by atoms with Gasteiger partial charge in [0.15, 0.2) is 0 Å². The summed E-state index contributed by atoms with van der Waals surface area (Å²) < 4.78 is 0. The van der Waals surface area contributed by atoms with Gasteiger partial charge < -0.3 is 15.3 Å². The van der Waals surface area contributed by atoms with Crippen LogP contribution in [0, 0.1) is 0 Å². The number of hydrogen-bond acceptors (Lipinski definition) is 4. The van der Waals surface area contributed by atoms with Gasteiger partial charge in [-0.2, -0.15) is 11.8 Å². The normalized spacial score (nSPS) is 16.9. The lowest BCUT2D eigenvalue weighted by Crippen LogP contribution is -2.40. The van der Waals surface area contributed by atoms with Crippen LogP contribution in [0.1, 0.15) is 39.0 Å². The molecule has 2 amide bonds. The number of aliphatic carboxylic acids is 1. The minimum absolute atomic E-state index is 0.133. The smallest absolute Gasteiger partial charge is 0.326 e. The maximum atomic E-state index is 12.0. The molecule has 1 aliphatic rings. The standard InChI is InChI=1S/C14H24N2O4S/c1-11(17)15-12(14(19)20)6-9-21-10-13(18)16-7-4-2-3-5-8-16/h12H,2-10H2,1H3,(H,15,17)(H,19,20). The fourth-order valence-corrected chi connectivity index (χ4v) is 3.18. The van der Waals surface area contributed by atoms with Crippen molar-refractivity contribution in [1.29, 1.82) is 0 Å². The first-order valence-electron chi connectivity index (χ1n) is 7.36. The van der Waals surface area contributed by atoms with Crippen molar-refractivity contribution in [1.82, 2.24) is 10.2 Å². The number of nitrogens with one attached hydrogen (secondary N) is 1. The quantitative estimate of drug-likeness (QED) is 0.687. The molecule has 1 heterocycles. The summed E-state index contributed by atoms with van der Waals surface area (Å²) in [5.74, 6) is -0.338. The lowest BCUT2D eigenvalue weighted by atomic mass is 10.2. The van der Waals surface area contributed by atoms with Gasteiger partial charge in [-0.05, 0) is 25.0 Å². The Bertz CT molecular complexity index is 368. The highest BCUT2D eigenvalue weighted by Crippen LogP contribution is 2.12. The number of nitrogens with zero attached hydrogens (tertiary/aromatic N) is 1. The number of carboxylic acids is 1. The predicted molar refractivity (Wildman–Crippen MR) is 82.2 cm³/mol. The van der Waals surface area contributed by atoms with Gasteiger partial charge in [-0.1, -0.05) is 12.8 Å².